The van der Waals surface area contributed by atoms with Crippen LogP contribution >= 0.6 is 23.5 Å². The topological polar surface area (TPSA) is 49.0 Å². The molecular formula is C26H31N3OS2. The first-order valence-electron chi connectivity index (χ1n) is 11.8. The minimum absolute atomic E-state index is 0.327. The van der Waals surface area contributed by atoms with Gasteiger partial charge in [-0.25, -0.2) is 4.98 Å². The Morgan fingerprint density at radius 1 is 1.06 bits per heavy atom. The van der Waals surface area contributed by atoms with Gasteiger partial charge in [-0.2, -0.15) is 0 Å². The molecule has 2 aromatic carbocycles. The number of benzene rings is 2. The van der Waals surface area contributed by atoms with E-state index in [1.54, 1.807) is 23.5 Å². The van der Waals surface area contributed by atoms with Crippen molar-refractivity contribution in [2.24, 2.45) is 5.92 Å². The lowest BCUT2D eigenvalue weighted by Gasteiger charge is -2.44. The molecule has 168 valence electrons. The monoisotopic (exact) mass is 465 g/mol. The molecule has 2 atom stereocenters. The summed E-state index contributed by atoms with van der Waals surface area (Å²) in [4.78, 5) is 24.6. The Hall–Kier alpha value is -1.92. The first kappa shape index (κ1) is 21.9. The smallest absolute Gasteiger partial charge is 0.233 e. The number of imidazole rings is 1. The summed E-state index contributed by atoms with van der Waals surface area (Å²) >= 11 is 3.43. The summed E-state index contributed by atoms with van der Waals surface area (Å²) in [6.45, 7) is 3.13. The normalized spacial score (nSPS) is 21.0. The molecule has 1 saturated heterocycles. The molecule has 2 aliphatic rings. The Morgan fingerprint density at radius 3 is 2.81 bits per heavy atom. The van der Waals surface area contributed by atoms with Crippen molar-refractivity contribution < 1.29 is 4.79 Å². The van der Waals surface area contributed by atoms with Gasteiger partial charge in [0.15, 0.2) is 5.16 Å². The lowest BCUT2D eigenvalue weighted by molar-refractivity contribution is -0.134. The van der Waals surface area contributed by atoms with Gasteiger partial charge in [0.05, 0.1) is 16.8 Å². The van der Waals surface area contributed by atoms with E-state index in [0.29, 0.717) is 17.7 Å². The van der Waals surface area contributed by atoms with E-state index in [1.165, 1.54) is 54.5 Å². The van der Waals surface area contributed by atoms with Gasteiger partial charge >= 0.3 is 0 Å². The predicted octanol–water partition coefficient (Wildman–Crippen LogP) is 6.44. The second-order valence-electron chi connectivity index (χ2n) is 9.02. The molecule has 6 heteroatoms. The minimum Gasteiger partial charge on any atom is -0.339 e. The van der Waals surface area contributed by atoms with Crippen LogP contribution in [0.15, 0.2) is 52.5 Å². The third-order valence-electron chi connectivity index (χ3n) is 7.04. The molecule has 2 fully saturated rings. The molecule has 1 saturated carbocycles. The second kappa shape index (κ2) is 9.92. The molecule has 1 aliphatic heterocycles. The summed E-state index contributed by atoms with van der Waals surface area (Å²) in [7, 11) is 0. The zero-order valence-electron chi connectivity index (χ0n) is 18.7. The Labute approximate surface area is 198 Å². The second-order valence-corrected chi connectivity index (χ2v) is 11.0. The van der Waals surface area contributed by atoms with Crippen LogP contribution < -0.4 is 0 Å². The van der Waals surface area contributed by atoms with Crippen molar-refractivity contribution in [3.05, 3.63) is 53.6 Å². The number of fused-ring (bicyclic) bond motifs is 2. The minimum atomic E-state index is 0.327. The zero-order chi connectivity index (χ0) is 21.9. The first-order valence-corrected chi connectivity index (χ1v) is 13.7. The zero-order valence-corrected chi connectivity index (χ0v) is 20.3. The molecule has 1 amide bonds. The van der Waals surface area contributed by atoms with Crippen LogP contribution in [0.25, 0.3) is 11.0 Å². The third-order valence-corrected chi connectivity index (χ3v) is 9.11. The molecule has 4 nitrogen and oxygen atoms in total. The molecule has 1 aliphatic carbocycles. The SMILES string of the molecule is Cc1c(CSc2nc3ccccc3[nH]2)cccc1SCC(=O)N1CCCC2CCCCC21. The summed E-state index contributed by atoms with van der Waals surface area (Å²) in [6, 6.07) is 15.1. The van der Waals surface area contributed by atoms with Gasteiger partial charge in [0.2, 0.25) is 5.91 Å². The van der Waals surface area contributed by atoms with Crippen LogP contribution in [0.3, 0.4) is 0 Å². The number of H-pyrrole nitrogens is 1. The molecule has 5 rings (SSSR count). The van der Waals surface area contributed by atoms with Crippen molar-refractivity contribution in [2.75, 3.05) is 12.3 Å². The van der Waals surface area contributed by atoms with Crippen molar-refractivity contribution in [1.82, 2.24) is 14.9 Å². The number of nitrogens with one attached hydrogen (secondary N) is 1. The van der Waals surface area contributed by atoms with Crippen molar-refractivity contribution in [2.45, 2.75) is 67.3 Å². The highest BCUT2D eigenvalue weighted by Gasteiger charge is 2.35. The molecule has 3 aromatic rings. The van der Waals surface area contributed by atoms with Gasteiger partial charge in [0.25, 0.3) is 0 Å². The lowest BCUT2D eigenvalue weighted by Crippen LogP contribution is -2.50. The van der Waals surface area contributed by atoms with E-state index in [0.717, 1.165) is 34.4 Å². The molecule has 0 bridgehead atoms. The van der Waals surface area contributed by atoms with Crippen molar-refractivity contribution in [3.63, 3.8) is 0 Å². The maximum atomic E-state index is 13.1. The average molecular weight is 466 g/mol. The highest BCUT2D eigenvalue weighted by atomic mass is 32.2. The van der Waals surface area contributed by atoms with Crippen LogP contribution in [0.4, 0.5) is 0 Å². The number of aromatic nitrogens is 2. The van der Waals surface area contributed by atoms with E-state index in [1.807, 2.05) is 18.2 Å². The third kappa shape index (κ3) is 4.72. The Bertz CT molecular complexity index is 1060. The standard InChI is InChI=1S/C26H31N3OS2/c1-18-20(16-32-26-27-21-11-3-4-12-22(21)28-26)9-6-14-24(18)31-17-25(30)29-15-7-10-19-8-2-5-13-23(19)29/h3-4,6,9,11-12,14,19,23H,2,5,7-8,10,13,15-17H2,1H3,(H,27,28). The fourth-order valence-electron chi connectivity index (χ4n) is 5.27. The number of piperidine rings is 1. The largest absolute Gasteiger partial charge is 0.339 e. The molecule has 0 spiro atoms. The van der Waals surface area contributed by atoms with Crippen molar-refractivity contribution >= 4 is 40.5 Å². The summed E-state index contributed by atoms with van der Waals surface area (Å²) < 4.78 is 0. The fourth-order valence-corrected chi connectivity index (χ4v) is 7.19. The highest BCUT2D eigenvalue weighted by molar-refractivity contribution is 8.00. The quantitative estimate of drug-likeness (QED) is 0.426. The number of thioether (sulfide) groups is 2. The van der Waals surface area contributed by atoms with E-state index in [4.69, 9.17) is 0 Å². The molecule has 1 N–H and O–H groups in total. The van der Waals surface area contributed by atoms with Crippen molar-refractivity contribution in [3.8, 4) is 0 Å². The Morgan fingerprint density at radius 2 is 1.91 bits per heavy atom. The molecular weight excluding hydrogens is 434 g/mol. The van der Waals surface area contributed by atoms with E-state index in [9.17, 15) is 4.79 Å². The van der Waals surface area contributed by atoms with Crippen LogP contribution in [-0.2, 0) is 10.5 Å². The number of carbonyl (C=O) groups excluding carboxylic acids is 1. The number of carbonyl (C=O) groups is 1. The molecule has 2 heterocycles. The fraction of sp³-hybridized carbons (Fsp3) is 0.462. The number of nitrogens with zero attached hydrogens (tertiary/aromatic N) is 2. The van der Waals surface area contributed by atoms with Gasteiger partial charge < -0.3 is 9.88 Å². The van der Waals surface area contributed by atoms with Crippen LogP contribution in [0.1, 0.15) is 49.7 Å². The number of amides is 1. The van der Waals surface area contributed by atoms with E-state index < -0.39 is 0 Å². The van der Waals surface area contributed by atoms with Crippen LogP contribution in [-0.4, -0.2) is 39.1 Å². The van der Waals surface area contributed by atoms with Crippen molar-refractivity contribution in [1.29, 1.82) is 0 Å². The van der Waals surface area contributed by atoms with Crippen LogP contribution in [0.2, 0.25) is 0 Å². The lowest BCUT2D eigenvalue weighted by atomic mass is 9.78. The Kier molecular flexibility index (Phi) is 6.79. The number of aromatic amines is 1. The van der Waals surface area contributed by atoms with Crippen LogP contribution in [0.5, 0.6) is 0 Å². The van der Waals surface area contributed by atoms with E-state index >= 15 is 0 Å². The predicted molar refractivity (Wildman–Crippen MR) is 134 cm³/mol. The number of rotatable bonds is 6. The summed E-state index contributed by atoms with van der Waals surface area (Å²) in [6.07, 6.45) is 7.62. The van der Waals surface area contributed by atoms with Gasteiger partial charge in [-0.05, 0) is 67.9 Å². The summed E-state index contributed by atoms with van der Waals surface area (Å²) in [5.41, 5.74) is 4.67. The number of hydrogen-bond donors (Lipinski definition) is 1. The summed E-state index contributed by atoms with van der Waals surface area (Å²) in [5.74, 6) is 2.48. The van der Waals surface area contributed by atoms with Gasteiger partial charge in [-0.3, -0.25) is 4.79 Å². The molecule has 1 aromatic heterocycles. The number of hydrogen-bond acceptors (Lipinski definition) is 4. The van der Waals surface area contributed by atoms with Gasteiger partial charge in [0, 0.05) is 23.2 Å². The maximum absolute atomic E-state index is 13.1. The van der Waals surface area contributed by atoms with Gasteiger partial charge in [-0.1, -0.05) is 48.9 Å². The molecule has 0 radical (unpaired) electrons. The highest BCUT2D eigenvalue weighted by Crippen LogP contribution is 2.36. The van der Waals surface area contributed by atoms with Gasteiger partial charge in [0.1, 0.15) is 0 Å². The average Bonchev–Trinajstić information content (AvgIpc) is 3.25. The maximum Gasteiger partial charge on any atom is 0.233 e. The number of likely N-dealkylation sites (tertiary alicyclic amines) is 1. The van der Waals surface area contributed by atoms with E-state index in [-0.39, 0.29) is 0 Å². The summed E-state index contributed by atoms with van der Waals surface area (Å²) in [5, 5.41) is 0.950. The Balaban J connectivity index is 1.21. The van der Waals surface area contributed by atoms with Gasteiger partial charge in [-0.15, -0.1) is 11.8 Å². The van der Waals surface area contributed by atoms with Crippen LogP contribution in [0, 0.1) is 12.8 Å². The molecule has 32 heavy (non-hydrogen) atoms. The molecule has 2 unspecified atom stereocenters. The number of para-hydroxylation sites is 2. The first-order chi connectivity index (χ1) is 15.7. The van der Waals surface area contributed by atoms with E-state index in [2.05, 4.69) is 46.1 Å².